The Hall–Kier alpha value is -2.78. The molecule has 0 fully saturated rings. The Labute approximate surface area is 146 Å². The summed E-state index contributed by atoms with van der Waals surface area (Å²) in [6.45, 7) is 0. The zero-order valence-electron chi connectivity index (χ0n) is 12.3. The first-order valence-corrected chi connectivity index (χ1v) is 8.66. The van der Waals surface area contributed by atoms with E-state index in [0.29, 0.717) is 23.0 Å². The van der Waals surface area contributed by atoms with Crippen molar-refractivity contribution in [3.8, 4) is 0 Å². The predicted octanol–water partition coefficient (Wildman–Crippen LogP) is 3.74. The zero-order valence-corrected chi connectivity index (χ0v) is 13.9. The number of hydrogen-bond donors (Lipinski definition) is 1. The van der Waals surface area contributed by atoms with Crippen LogP contribution in [0.1, 0.15) is 0 Å². The first-order chi connectivity index (χ1) is 11.8. The van der Waals surface area contributed by atoms with Crippen LogP contribution < -0.4 is 4.72 Å². The van der Waals surface area contributed by atoms with Crippen molar-refractivity contribution in [1.82, 2.24) is 4.98 Å². The summed E-state index contributed by atoms with van der Waals surface area (Å²) < 4.78 is 41.3. The van der Waals surface area contributed by atoms with E-state index < -0.39 is 36.4 Å². The molecule has 0 bridgehead atoms. The average Bonchev–Trinajstić information content (AvgIpc) is 2.56. The highest BCUT2D eigenvalue weighted by atomic mass is 35.5. The number of sulfonamides is 1. The van der Waals surface area contributed by atoms with Crippen LogP contribution in [0.4, 0.5) is 15.8 Å². The number of anilines is 1. The third-order valence-corrected chi connectivity index (χ3v) is 5.05. The highest BCUT2D eigenvalue weighted by Crippen LogP contribution is 2.31. The van der Waals surface area contributed by atoms with Crippen LogP contribution in [0, 0.1) is 15.9 Å². The topological polar surface area (TPSA) is 102 Å². The van der Waals surface area contributed by atoms with Gasteiger partial charge in [0.1, 0.15) is 9.92 Å². The Balaban J connectivity index is 2.08. The Morgan fingerprint density at radius 2 is 1.92 bits per heavy atom. The number of halogens is 2. The number of fused-ring (bicyclic) bond motifs is 1. The van der Waals surface area contributed by atoms with Crippen LogP contribution in [0.2, 0.25) is 5.02 Å². The van der Waals surface area contributed by atoms with E-state index in [2.05, 4.69) is 9.71 Å². The van der Waals surface area contributed by atoms with Crippen molar-refractivity contribution in [1.29, 1.82) is 0 Å². The molecule has 7 nitrogen and oxygen atoms in total. The van der Waals surface area contributed by atoms with Crippen molar-refractivity contribution in [2.24, 2.45) is 0 Å². The van der Waals surface area contributed by atoms with Gasteiger partial charge in [0, 0.05) is 11.6 Å². The molecule has 1 heterocycles. The molecule has 0 saturated heterocycles. The van der Waals surface area contributed by atoms with E-state index >= 15 is 0 Å². The van der Waals surface area contributed by atoms with Gasteiger partial charge in [0.25, 0.3) is 15.7 Å². The molecular weight excluding hydrogens is 373 g/mol. The fourth-order valence-corrected chi connectivity index (χ4v) is 3.70. The second kappa shape index (κ2) is 6.26. The lowest BCUT2D eigenvalue weighted by atomic mass is 10.2. The van der Waals surface area contributed by atoms with E-state index in [9.17, 15) is 22.9 Å². The molecule has 0 aliphatic rings. The van der Waals surface area contributed by atoms with Crippen molar-refractivity contribution in [2.75, 3.05) is 4.72 Å². The van der Waals surface area contributed by atoms with E-state index in [0.717, 1.165) is 0 Å². The number of rotatable bonds is 4. The van der Waals surface area contributed by atoms with Gasteiger partial charge in [0.15, 0.2) is 5.82 Å². The maximum Gasteiger partial charge on any atom is 0.290 e. The Morgan fingerprint density at radius 3 is 2.64 bits per heavy atom. The number of nitrogens with one attached hydrogen (secondary N) is 1. The number of para-hydroxylation sites is 1. The summed E-state index contributed by atoms with van der Waals surface area (Å²) in [6, 6.07) is 9.43. The molecule has 128 valence electrons. The molecule has 25 heavy (non-hydrogen) atoms. The minimum absolute atomic E-state index is 0.145. The van der Waals surface area contributed by atoms with Crippen LogP contribution in [0.25, 0.3) is 10.9 Å². The summed E-state index contributed by atoms with van der Waals surface area (Å²) >= 11 is 5.69. The summed E-state index contributed by atoms with van der Waals surface area (Å²) in [4.78, 5) is 13.2. The van der Waals surface area contributed by atoms with Gasteiger partial charge >= 0.3 is 0 Å². The fraction of sp³-hybridized carbons (Fsp3) is 0. The molecule has 0 unspecified atom stereocenters. The molecule has 0 spiro atoms. The normalized spacial score (nSPS) is 11.4. The van der Waals surface area contributed by atoms with Gasteiger partial charge in [-0.25, -0.2) is 12.8 Å². The second-order valence-corrected chi connectivity index (χ2v) is 7.04. The van der Waals surface area contributed by atoms with Gasteiger partial charge in [-0.3, -0.25) is 19.8 Å². The van der Waals surface area contributed by atoms with Crippen molar-refractivity contribution < 1.29 is 17.7 Å². The quantitative estimate of drug-likeness (QED) is 0.548. The molecule has 0 amide bonds. The van der Waals surface area contributed by atoms with Crippen LogP contribution in [-0.4, -0.2) is 18.3 Å². The van der Waals surface area contributed by atoms with Crippen LogP contribution in [0.15, 0.2) is 53.6 Å². The molecular formula is C15H9ClFN3O4S. The minimum atomic E-state index is -4.37. The van der Waals surface area contributed by atoms with Crippen molar-refractivity contribution >= 4 is 43.9 Å². The summed E-state index contributed by atoms with van der Waals surface area (Å²) in [6.07, 6.45) is 1.49. The van der Waals surface area contributed by atoms with Crippen LogP contribution in [-0.2, 0) is 10.0 Å². The van der Waals surface area contributed by atoms with Gasteiger partial charge in [0.05, 0.1) is 22.2 Å². The SMILES string of the molecule is O=[N+]([O-])c1cc(F)c(S(=O)(=O)Nc2cccc3cccnc23)cc1Cl. The molecule has 0 atom stereocenters. The summed E-state index contributed by atoms with van der Waals surface area (Å²) in [7, 11) is -4.37. The van der Waals surface area contributed by atoms with Crippen molar-refractivity contribution in [3.63, 3.8) is 0 Å². The van der Waals surface area contributed by atoms with Gasteiger partial charge in [-0.2, -0.15) is 0 Å². The number of nitrogens with zero attached hydrogens (tertiary/aromatic N) is 2. The molecule has 3 rings (SSSR count). The first-order valence-electron chi connectivity index (χ1n) is 6.79. The predicted molar refractivity (Wildman–Crippen MR) is 90.6 cm³/mol. The first kappa shape index (κ1) is 17.1. The second-order valence-electron chi connectivity index (χ2n) is 4.98. The molecule has 2 aromatic carbocycles. The minimum Gasteiger partial charge on any atom is -0.277 e. The van der Waals surface area contributed by atoms with Gasteiger partial charge < -0.3 is 0 Å². The van der Waals surface area contributed by atoms with Crippen molar-refractivity contribution in [3.05, 3.63) is 69.6 Å². The molecule has 1 N–H and O–H groups in total. The molecule has 1 aromatic heterocycles. The number of nitro benzene ring substituents is 1. The fourth-order valence-electron chi connectivity index (χ4n) is 2.25. The van der Waals surface area contributed by atoms with Crippen LogP contribution >= 0.6 is 11.6 Å². The molecule has 10 heteroatoms. The van der Waals surface area contributed by atoms with Crippen molar-refractivity contribution in [2.45, 2.75) is 4.90 Å². The number of nitro groups is 1. The number of pyridine rings is 1. The molecule has 0 radical (unpaired) electrons. The van der Waals surface area contributed by atoms with Crippen LogP contribution in [0.3, 0.4) is 0 Å². The van der Waals surface area contributed by atoms with E-state index in [1.807, 2.05) is 0 Å². The van der Waals surface area contributed by atoms with Gasteiger partial charge in [0.2, 0.25) is 0 Å². The lowest BCUT2D eigenvalue weighted by Crippen LogP contribution is -2.15. The Kier molecular flexibility index (Phi) is 4.27. The third kappa shape index (κ3) is 3.24. The summed E-state index contributed by atoms with van der Waals surface area (Å²) in [5.41, 5.74) is -0.195. The lowest BCUT2D eigenvalue weighted by molar-refractivity contribution is -0.384. The lowest BCUT2D eigenvalue weighted by Gasteiger charge is -2.11. The Morgan fingerprint density at radius 1 is 1.20 bits per heavy atom. The summed E-state index contributed by atoms with van der Waals surface area (Å²) in [5.74, 6) is -1.28. The molecule has 3 aromatic rings. The average molecular weight is 382 g/mol. The number of hydrogen-bond acceptors (Lipinski definition) is 5. The molecule has 0 saturated carbocycles. The molecule has 0 aliphatic carbocycles. The monoisotopic (exact) mass is 381 g/mol. The number of aromatic nitrogens is 1. The van der Waals surface area contributed by atoms with Gasteiger partial charge in [-0.1, -0.05) is 29.8 Å². The maximum atomic E-state index is 14.1. The zero-order chi connectivity index (χ0) is 18.2. The van der Waals surface area contributed by atoms with E-state index in [1.165, 1.54) is 12.3 Å². The highest BCUT2D eigenvalue weighted by molar-refractivity contribution is 7.92. The van der Waals surface area contributed by atoms with E-state index in [4.69, 9.17) is 11.6 Å². The largest absolute Gasteiger partial charge is 0.290 e. The van der Waals surface area contributed by atoms with Crippen LogP contribution in [0.5, 0.6) is 0 Å². The smallest absolute Gasteiger partial charge is 0.277 e. The third-order valence-electron chi connectivity index (χ3n) is 3.36. The molecule has 0 aliphatic heterocycles. The van der Waals surface area contributed by atoms with E-state index in [-0.39, 0.29) is 5.69 Å². The van der Waals surface area contributed by atoms with Gasteiger partial charge in [-0.05, 0) is 18.2 Å². The van der Waals surface area contributed by atoms with E-state index in [1.54, 1.807) is 24.3 Å². The van der Waals surface area contributed by atoms with Gasteiger partial charge in [-0.15, -0.1) is 0 Å². The summed E-state index contributed by atoms with van der Waals surface area (Å²) in [5, 5.41) is 11.0. The highest BCUT2D eigenvalue weighted by Gasteiger charge is 2.25. The standard InChI is InChI=1S/C15H9ClFN3O4S/c16-10-7-14(11(17)8-13(10)20(21)22)25(23,24)19-12-5-1-3-9-4-2-6-18-15(9)12/h1-8,19H. The maximum absolute atomic E-state index is 14.1. The number of benzene rings is 2. The Bertz CT molecular complexity index is 1100.